The van der Waals surface area contributed by atoms with Gasteiger partial charge in [0.2, 0.25) is 6.33 Å². The number of nitrogen functional groups attached to an aromatic ring is 2. The van der Waals surface area contributed by atoms with Crippen molar-refractivity contribution in [2.75, 3.05) is 11.5 Å². The van der Waals surface area contributed by atoms with Gasteiger partial charge in [0.25, 0.3) is 0 Å². The Bertz CT molecular complexity index is 501. The lowest BCUT2D eigenvalue weighted by molar-refractivity contribution is -0.671. The molecule has 17 heavy (non-hydrogen) atoms. The second kappa shape index (κ2) is 5.09. The zero-order valence-corrected chi connectivity index (χ0v) is 10.7. The number of rotatable bonds is 3. The Balaban J connectivity index is 0.00000144. The smallest absolute Gasteiger partial charge is 0.243 e. The Morgan fingerprint density at radius 2 is 2.06 bits per heavy atom. The molecule has 2 rings (SSSR count). The van der Waals surface area contributed by atoms with E-state index in [4.69, 9.17) is 11.5 Å². The molecule has 2 aromatic rings. The number of aryl methyl sites for hydroxylation is 4. The van der Waals surface area contributed by atoms with Crippen LogP contribution in [0.15, 0.2) is 18.7 Å². The normalized spacial score (nSPS) is 10.2. The fourth-order valence-corrected chi connectivity index (χ4v) is 1.63. The van der Waals surface area contributed by atoms with Crippen molar-refractivity contribution in [3.8, 4) is 0 Å². The molecule has 0 saturated carbocycles. The van der Waals surface area contributed by atoms with Crippen LogP contribution in [0, 0.1) is 6.92 Å². The molecule has 4 N–H and O–H groups in total. The summed E-state index contributed by atoms with van der Waals surface area (Å²) in [5.74, 6) is 0.550. The molecule has 0 atom stereocenters. The van der Waals surface area contributed by atoms with Gasteiger partial charge in [0, 0.05) is 0 Å². The van der Waals surface area contributed by atoms with Crippen LogP contribution in [0.3, 0.4) is 0 Å². The molecule has 0 radical (unpaired) electrons. The predicted molar refractivity (Wildman–Crippen MR) is 61.4 cm³/mol. The Kier molecular flexibility index (Phi) is 4.01. The van der Waals surface area contributed by atoms with E-state index in [0.29, 0.717) is 11.5 Å². The molecule has 0 aliphatic heterocycles. The average Bonchev–Trinajstić information content (AvgIpc) is 2.76. The van der Waals surface area contributed by atoms with Crippen molar-refractivity contribution in [1.82, 2.24) is 14.3 Å². The molecule has 0 amide bonds. The van der Waals surface area contributed by atoms with Crippen LogP contribution in [0.25, 0.3) is 0 Å². The van der Waals surface area contributed by atoms with Crippen molar-refractivity contribution in [3.63, 3.8) is 0 Å². The lowest BCUT2D eigenvalue weighted by Crippen LogP contribution is -3.00. The van der Waals surface area contributed by atoms with Crippen molar-refractivity contribution < 1.29 is 17.0 Å². The van der Waals surface area contributed by atoms with Crippen molar-refractivity contribution in [1.29, 1.82) is 0 Å². The van der Waals surface area contributed by atoms with Crippen molar-refractivity contribution in [3.05, 3.63) is 24.4 Å². The third-order valence-corrected chi connectivity index (χ3v) is 2.61. The van der Waals surface area contributed by atoms with Crippen LogP contribution in [0.4, 0.5) is 11.5 Å². The predicted octanol–water partition coefficient (Wildman–Crippen LogP) is -3.31. The first-order valence-corrected chi connectivity index (χ1v) is 5.17. The monoisotopic (exact) mass is 256 g/mol. The zero-order chi connectivity index (χ0) is 11.7. The van der Waals surface area contributed by atoms with Crippen LogP contribution in [-0.4, -0.2) is 14.3 Å². The molecule has 0 spiro atoms. The van der Waals surface area contributed by atoms with Gasteiger partial charge >= 0.3 is 0 Å². The zero-order valence-electron chi connectivity index (χ0n) is 9.97. The number of hydrogen-bond donors (Lipinski definition) is 2. The lowest BCUT2D eigenvalue weighted by Gasteiger charge is -2.01. The van der Waals surface area contributed by atoms with Gasteiger partial charge in [-0.15, -0.1) is 0 Å². The van der Waals surface area contributed by atoms with Gasteiger partial charge in [0.1, 0.15) is 24.8 Å². The second-order valence-electron chi connectivity index (χ2n) is 3.92. The van der Waals surface area contributed by atoms with Crippen molar-refractivity contribution >= 4 is 11.5 Å². The summed E-state index contributed by atoms with van der Waals surface area (Å²) in [7, 11) is 1.99. The van der Waals surface area contributed by atoms with E-state index in [2.05, 4.69) is 9.67 Å². The summed E-state index contributed by atoms with van der Waals surface area (Å²) >= 11 is 0. The van der Waals surface area contributed by atoms with E-state index in [1.165, 1.54) is 0 Å². The van der Waals surface area contributed by atoms with E-state index >= 15 is 0 Å². The van der Waals surface area contributed by atoms with Crippen LogP contribution in [0.5, 0.6) is 0 Å². The van der Waals surface area contributed by atoms with E-state index in [-0.39, 0.29) is 12.4 Å². The van der Waals surface area contributed by atoms with Crippen LogP contribution < -0.4 is 28.4 Å². The highest BCUT2D eigenvalue weighted by molar-refractivity contribution is 5.61. The minimum absolute atomic E-state index is 0. The highest BCUT2D eigenvalue weighted by Crippen LogP contribution is 2.17. The van der Waals surface area contributed by atoms with Gasteiger partial charge in [-0.1, -0.05) is 0 Å². The molecule has 0 saturated heterocycles. The van der Waals surface area contributed by atoms with Gasteiger partial charge in [-0.2, -0.15) is 5.10 Å². The summed E-state index contributed by atoms with van der Waals surface area (Å²) in [4.78, 5) is 0. The highest BCUT2D eigenvalue weighted by atomic mass is 35.5. The van der Waals surface area contributed by atoms with E-state index in [1.807, 2.05) is 37.3 Å². The first kappa shape index (κ1) is 13.4. The Labute approximate surface area is 106 Å². The highest BCUT2D eigenvalue weighted by Gasteiger charge is 2.09. The maximum Gasteiger partial charge on any atom is 0.243 e. The number of imidazole rings is 1. The molecule has 6 nitrogen and oxygen atoms in total. The molecule has 0 bridgehead atoms. The standard InChI is InChI=1S/C10H17N6.ClH/c1-8-9(11)10(12)16(13-8)6-5-15-4-3-14(2)7-15;/h3-4,7H,5-6,11-12H2,1-2H3;1H/q+1;/p-1. The van der Waals surface area contributed by atoms with E-state index in [9.17, 15) is 0 Å². The molecule has 0 aliphatic carbocycles. The third kappa shape index (κ3) is 2.71. The summed E-state index contributed by atoms with van der Waals surface area (Å²) in [6.07, 6.45) is 6.01. The summed E-state index contributed by atoms with van der Waals surface area (Å²) in [6.45, 7) is 3.40. The second-order valence-corrected chi connectivity index (χ2v) is 3.92. The first-order chi connectivity index (χ1) is 7.58. The fraction of sp³-hybridized carbons (Fsp3) is 0.400. The summed E-state index contributed by atoms with van der Waals surface area (Å²) in [6, 6.07) is 0. The van der Waals surface area contributed by atoms with Crippen LogP contribution in [-0.2, 0) is 20.1 Å². The summed E-state index contributed by atoms with van der Waals surface area (Å²) in [5, 5.41) is 4.28. The van der Waals surface area contributed by atoms with Crippen molar-refractivity contribution in [2.45, 2.75) is 20.0 Å². The van der Waals surface area contributed by atoms with Gasteiger partial charge in [-0.25, -0.2) is 13.8 Å². The maximum absolute atomic E-state index is 5.83. The molecule has 2 aromatic heterocycles. The van der Waals surface area contributed by atoms with Crippen LogP contribution in [0.2, 0.25) is 0 Å². The minimum Gasteiger partial charge on any atom is -1.00 e. The quantitative estimate of drug-likeness (QED) is 0.565. The Hall–Kier alpha value is -1.69. The van der Waals surface area contributed by atoms with E-state index in [1.54, 1.807) is 4.68 Å². The first-order valence-electron chi connectivity index (χ1n) is 5.17. The maximum atomic E-state index is 5.83. The number of nitrogens with two attached hydrogens (primary N) is 2. The van der Waals surface area contributed by atoms with E-state index < -0.39 is 0 Å². The SMILES string of the molecule is Cc1nn(CCn2cc[n+](C)c2)c(N)c1N.[Cl-]. The number of nitrogens with zero attached hydrogens (tertiary/aromatic N) is 4. The fourth-order valence-electron chi connectivity index (χ4n) is 1.63. The van der Waals surface area contributed by atoms with Gasteiger partial charge < -0.3 is 23.9 Å². The molecular formula is C10H17ClN6. The minimum atomic E-state index is 0. The van der Waals surface area contributed by atoms with Crippen LogP contribution >= 0.6 is 0 Å². The summed E-state index contributed by atoms with van der Waals surface area (Å²) in [5.41, 5.74) is 13.0. The van der Waals surface area contributed by atoms with Gasteiger partial charge in [0.05, 0.1) is 25.0 Å². The molecule has 94 valence electrons. The summed E-state index contributed by atoms with van der Waals surface area (Å²) < 4.78 is 5.81. The number of hydrogen-bond acceptors (Lipinski definition) is 3. The molecule has 0 aromatic carbocycles. The lowest BCUT2D eigenvalue weighted by atomic mass is 10.4. The van der Waals surface area contributed by atoms with Gasteiger partial charge in [-0.05, 0) is 6.92 Å². The molecule has 7 heteroatoms. The van der Waals surface area contributed by atoms with Crippen LogP contribution in [0.1, 0.15) is 5.69 Å². The molecular weight excluding hydrogens is 240 g/mol. The van der Waals surface area contributed by atoms with Gasteiger partial charge in [0.15, 0.2) is 0 Å². The topological polar surface area (TPSA) is 78.7 Å². The molecule has 0 aliphatic rings. The Morgan fingerprint density at radius 3 is 2.53 bits per heavy atom. The average molecular weight is 257 g/mol. The molecule has 0 unspecified atom stereocenters. The van der Waals surface area contributed by atoms with E-state index in [0.717, 1.165) is 18.8 Å². The molecule has 2 heterocycles. The third-order valence-electron chi connectivity index (χ3n) is 2.61. The van der Waals surface area contributed by atoms with Gasteiger partial charge in [-0.3, -0.25) is 0 Å². The largest absolute Gasteiger partial charge is 1.00 e. The number of aromatic nitrogens is 4. The molecule has 0 fully saturated rings. The number of anilines is 2. The number of halogens is 1. The Morgan fingerprint density at radius 1 is 1.35 bits per heavy atom. The van der Waals surface area contributed by atoms with Crippen molar-refractivity contribution in [2.24, 2.45) is 7.05 Å².